The van der Waals surface area contributed by atoms with Gasteiger partial charge in [-0.2, -0.15) is 4.98 Å². The molecule has 2 atom stereocenters. The summed E-state index contributed by atoms with van der Waals surface area (Å²) >= 11 is 1.62. The predicted molar refractivity (Wildman–Crippen MR) is 85.0 cm³/mol. The fraction of sp³-hybridized carbons (Fsp3) is 0.571. The van der Waals surface area contributed by atoms with Gasteiger partial charge in [0, 0.05) is 13.1 Å². The summed E-state index contributed by atoms with van der Waals surface area (Å²) in [6.45, 7) is 2.34. The Morgan fingerprint density at radius 3 is 3.00 bits per heavy atom. The third-order valence-corrected chi connectivity index (χ3v) is 5.03. The lowest BCUT2D eigenvalue weighted by Crippen LogP contribution is -2.36. The third-order valence-electron chi connectivity index (χ3n) is 4.22. The molecule has 5 nitrogen and oxygen atoms in total. The molecule has 20 heavy (non-hydrogen) atoms. The Morgan fingerprint density at radius 2 is 2.25 bits per heavy atom. The molecule has 0 spiro atoms. The quantitative estimate of drug-likeness (QED) is 0.672. The predicted octanol–water partition coefficient (Wildman–Crippen LogP) is 2.99. The molecule has 6 heteroatoms. The van der Waals surface area contributed by atoms with E-state index in [4.69, 9.17) is 5.84 Å². The summed E-state index contributed by atoms with van der Waals surface area (Å²) in [7, 11) is 2.14. The van der Waals surface area contributed by atoms with Gasteiger partial charge >= 0.3 is 0 Å². The van der Waals surface area contributed by atoms with Crippen molar-refractivity contribution >= 4 is 33.3 Å². The molecule has 0 aliphatic heterocycles. The Bertz CT molecular complexity index is 596. The van der Waals surface area contributed by atoms with Gasteiger partial charge in [-0.25, -0.2) is 10.8 Å². The zero-order chi connectivity index (χ0) is 14.1. The monoisotopic (exact) mass is 291 g/mol. The highest BCUT2D eigenvalue weighted by atomic mass is 32.1. The topological polar surface area (TPSA) is 67.1 Å². The van der Waals surface area contributed by atoms with Gasteiger partial charge in [0.15, 0.2) is 0 Å². The smallest absolute Gasteiger partial charge is 0.240 e. The van der Waals surface area contributed by atoms with Gasteiger partial charge in [-0.3, -0.25) is 5.43 Å². The molecule has 1 fully saturated rings. The van der Waals surface area contributed by atoms with Crippen molar-refractivity contribution in [1.29, 1.82) is 0 Å². The van der Waals surface area contributed by atoms with E-state index in [0.29, 0.717) is 12.0 Å². The lowest BCUT2D eigenvalue weighted by Gasteiger charge is -2.35. The Balaban J connectivity index is 1.97. The lowest BCUT2D eigenvalue weighted by molar-refractivity contribution is 0.336. The number of hydrazine groups is 1. The van der Waals surface area contributed by atoms with Crippen molar-refractivity contribution in [1.82, 2.24) is 9.97 Å². The third kappa shape index (κ3) is 2.45. The van der Waals surface area contributed by atoms with E-state index in [1.165, 1.54) is 25.7 Å². The molecule has 108 valence electrons. The van der Waals surface area contributed by atoms with Gasteiger partial charge in [0.25, 0.3) is 0 Å². The number of anilines is 2. The van der Waals surface area contributed by atoms with Crippen LogP contribution in [-0.4, -0.2) is 23.1 Å². The summed E-state index contributed by atoms with van der Waals surface area (Å²) < 4.78 is 0. The van der Waals surface area contributed by atoms with Crippen molar-refractivity contribution in [2.24, 2.45) is 11.8 Å². The van der Waals surface area contributed by atoms with E-state index < -0.39 is 0 Å². The normalized spacial score (nSPS) is 22.9. The molecule has 0 amide bonds. The number of nitrogen functional groups attached to an aromatic ring is 1. The largest absolute Gasteiger partial charge is 0.356 e. The minimum atomic E-state index is 0.491. The van der Waals surface area contributed by atoms with Crippen LogP contribution in [0.5, 0.6) is 0 Å². The van der Waals surface area contributed by atoms with Gasteiger partial charge in [-0.1, -0.05) is 19.8 Å². The molecule has 3 N–H and O–H groups in total. The standard InChI is InChI=1S/C14H21N5S/c1-9-4-3-5-10(8-9)19(2)12-11-6-7-20-13(11)17-14(16-12)18-15/h6-7,9-10H,3-5,8,15H2,1-2H3,(H,16,17,18). The number of hydrogen-bond donors (Lipinski definition) is 2. The first-order valence-corrected chi connectivity index (χ1v) is 8.01. The first-order chi connectivity index (χ1) is 9.69. The van der Waals surface area contributed by atoms with Crippen LogP contribution < -0.4 is 16.2 Å². The average molecular weight is 291 g/mol. The zero-order valence-electron chi connectivity index (χ0n) is 12.0. The molecule has 0 saturated heterocycles. The lowest BCUT2D eigenvalue weighted by atomic mass is 9.86. The second-order valence-corrected chi connectivity index (χ2v) is 6.59. The molecule has 0 aromatic carbocycles. The van der Waals surface area contributed by atoms with Crippen molar-refractivity contribution in [2.45, 2.75) is 38.6 Å². The van der Waals surface area contributed by atoms with Crippen molar-refractivity contribution < 1.29 is 0 Å². The summed E-state index contributed by atoms with van der Waals surface area (Å²) in [5, 5.41) is 3.18. The summed E-state index contributed by atoms with van der Waals surface area (Å²) in [6.07, 6.45) is 5.12. The van der Waals surface area contributed by atoms with E-state index in [1.54, 1.807) is 11.3 Å². The maximum Gasteiger partial charge on any atom is 0.240 e. The van der Waals surface area contributed by atoms with E-state index in [9.17, 15) is 0 Å². The molecule has 2 unspecified atom stereocenters. The van der Waals surface area contributed by atoms with Gasteiger partial charge in [0.2, 0.25) is 5.95 Å². The fourth-order valence-corrected chi connectivity index (χ4v) is 3.86. The molecule has 2 aromatic heterocycles. The van der Waals surface area contributed by atoms with Gasteiger partial charge in [-0.05, 0) is 30.2 Å². The van der Waals surface area contributed by atoms with Gasteiger partial charge in [-0.15, -0.1) is 11.3 Å². The van der Waals surface area contributed by atoms with Crippen molar-refractivity contribution in [3.8, 4) is 0 Å². The summed E-state index contributed by atoms with van der Waals surface area (Å²) in [4.78, 5) is 12.3. The van der Waals surface area contributed by atoms with E-state index in [-0.39, 0.29) is 0 Å². The summed E-state index contributed by atoms with van der Waals surface area (Å²) in [5.74, 6) is 7.77. The zero-order valence-corrected chi connectivity index (χ0v) is 12.8. The molecular weight excluding hydrogens is 270 g/mol. The van der Waals surface area contributed by atoms with Crippen molar-refractivity contribution in [3.05, 3.63) is 11.4 Å². The SMILES string of the molecule is CC1CCCC(N(C)c2nc(NN)nc3sccc23)C1. The summed E-state index contributed by atoms with van der Waals surface area (Å²) in [6, 6.07) is 2.65. The number of nitrogens with one attached hydrogen (secondary N) is 1. The Morgan fingerprint density at radius 1 is 1.40 bits per heavy atom. The van der Waals surface area contributed by atoms with E-state index in [2.05, 4.69) is 45.7 Å². The van der Waals surface area contributed by atoms with Crippen LogP contribution in [0, 0.1) is 5.92 Å². The number of nitrogens with zero attached hydrogens (tertiary/aromatic N) is 3. The maximum absolute atomic E-state index is 5.49. The molecule has 0 bridgehead atoms. The second kappa shape index (κ2) is 5.54. The van der Waals surface area contributed by atoms with Crippen molar-refractivity contribution in [3.63, 3.8) is 0 Å². The molecule has 0 radical (unpaired) electrons. The van der Waals surface area contributed by atoms with Crippen molar-refractivity contribution in [2.75, 3.05) is 17.4 Å². The Kier molecular flexibility index (Phi) is 3.76. The number of hydrogen-bond acceptors (Lipinski definition) is 6. The van der Waals surface area contributed by atoms with Crippen LogP contribution in [0.3, 0.4) is 0 Å². The average Bonchev–Trinajstić information content (AvgIpc) is 2.93. The van der Waals surface area contributed by atoms with Crippen LogP contribution in [0.2, 0.25) is 0 Å². The van der Waals surface area contributed by atoms with Crippen LogP contribution in [0.25, 0.3) is 10.2 Å². The Hall–Kier alpha value is -1.40. The van der Waals surface area contributed by atoms with Gasteiger partial charge in [0.05, 0.1) is 5.39 Å². The highest BCUT2D eigenvalue weighted by Crippen LogP contribution is 2.33. The summed E-state index contributed by atoms with van der Waals surface area (Å²) in [5.41, 5.74) is 2.57. The van der Waals surface area contributed by atoms with E-state index in [1.807, 2.05) is 0 Å². The van der Waals surface area contributed by atoms with E-state index >= 15 is 0 Å². The van der Waals surface area contributed by atoms with Crippen LogP contribution in [0.1, 0.15) is 32.6 Å². The van der Waals surface area contributed by atoms with Crippen LogP contribution >= 0.6 is 11.3 Å². The van der Waals surface area contributed by atoms with Gasteiger partial charge in [0.1, 0.15) is 10.6 Å². The molecule has 1 aliphatic rings. The molecule has 2 aromatic rings. The van der Waals surface area contributed by atoms with E-state index in [0.717, 1.165) is 22.0 Å². The van der Waals surface area contributed by atoms with Crippen LogP contribution in [0.4, 0.5) is 11.8 Å². The molecule has 3 rings (SSSR count). The minimum Gasteiger partial charge on any atom is -0.356 e. The maximum atomic E-state index is 5.49. The highest BCUT2D eigenvalue weighted by Gasteiger charge is 2.25. The van der Waals surface area contributed by atoms with Gasteiger partial charge < -0.3 is 4.90 Å². The van der Waals surface area contributed by atoms with Crippen LogP contribution in [0.15, 0.2) is 11.4 Å². The first-order valence-electron chi connectivity index (χ1n) is 7.13. The first kappa shape index (κ1) is 13.6. The second-order valence-electron chi connectivity index (χ2n) is 5.69. The number of fused-ring (bicyclic) bond motifs is 1. The number of thiophene rings is 1. The minimum absolute atomic E-state index is 0.491. The number of nitrogens with two attached hydrogens (primary N) is 1. The molecule has 2 heterocycles. The number of aromatic nitrogens is 2. The molecular formula is C14H21N5S. The number of rotatable bonds is 3. The molecule has 1 aliphatic carbocycles. The fourth-order valence-electron chi connectivity index (χ4n) is 3.10. The van der Waals surface area contributed by atoms with Crippen LogP contribution in [-0.2, 0) is 0 Å². The Labute approximate surface area is 123 Å². The highest BCUT2D eigenvalue weighted by molar-refractivity contribution is 7.16. The molecule has 1 saturated carbocycles.